The molecule has 0 heterocycles. The first-order chi connectivity index (χ1) is 10.0. The maximum absolute atomic E-state index is 12.7. The van der Waals surface area contributed by atoms with Crippen LogP contribution in [0.25, 0.3) is 0 Å². The van der Waals surface area contributed by atoms with E-state index < -0.39 is 0 Å². The lowest BCUT2D eigenvalue weighted by molar-refractivity contribution is -0.130. The van der Waals surface area contributed by atoms with Crippen molar-refractivity contribution in [3.63, 3.8) is 0 Å². The molecular formula is C17H27ClN2O2. The topological polar surface area (TPSA) is 50.4 Å². The van der Waals surface area contributed by atoms with Crippen LogP contribution in [-0.2, 0) is 10.2 Å². The van der Waals surface area contributed by atoms with E-state index in [0.717, 1.165) is 36.1 Å². The Hall–Kier alpha value is -1.26. The number of nitrogens with one attached hydrogen (secondary N) is 2. The van der Waals surface area contributed by atoms with Crippen LogP contribution in [0.2, 0.25) is 0 Å². The highest BCUT2D eigenvalue weighted by molar-refractivity contribution is 5.89. The van der Waals surface area contributed by atoms with Gasteiger partial charge in [-0.2, -0.15) is 0 Å². The lowest BCUT2D eigenvalue weighted by Crippen LogP contribution is -2.51. The number of ether oxygens (including phenoxy) is 1. The molecular weight excluding hydrogens is 300 g/mol. The van der Waals surface area contributed by atoms with Crippen LogP contribution in [0, 0.1) is 6.92 Å². The van der Waals surface area contributed by atoms with Crippen molar-refractivity contribution in [1.82, 2.24) is 10.6 Å². The summed E-state index contributed by atoms with van der Waals surface area (Å²) in [5, 5.41) is 6.22. The summed E-state index contributed by atoms with van der Waals surface area (Å²) >= 11 is 0. The molecule has 0 aromatic heterocycles. The summed E-state index contributed by atoms with van der Waals surface area (Å²) in [7, 11) is 3.58. The van der Waals surface area contributed by atoms with Crippen LogP contribution in [0.15, 0.2) is 18.2 Å². The second-order valence-corrected chi connectivity index (χ2v) is 6.02. The third-order valence-electron chi connectivity index (χ3n) is 4.66. The van der Waals surface area contributed by atoms with Gasteiger partial charge in [-0.05, 0) is 50.9 Å². The molecule has 1 aliphatic rings. The van der Waals surface area contributed by atoms with Gasteiger partial charge >= 0.3 is 0 Å². The van der Waals surface area contributed by atoms with Gasteiger partial charge in [-0.3, -0.25) is 4.79 Å². The van der Waals surface area contributed by atoms with Gasteiger partial charge in [0.05, 0.1) is 12.5 Å². The van der Waals surface area contributed by atoms with E-state index in [2.05, 4.69) is 23.6 Å². The van der Waals surface area contributed by atoms with Crippen LogP contribution in [0.5, 0.6) is 5.75 Å². The van der Waals surface area contributed by atoms with Gasteiger partial charge in [-0.1, -0.05) is 18.6 Å². The average Bonchev–Trinajstić information content (AvgIpc) is 2.45. The maximum Gasteiger partial charge on any atom is 0.230 e. The Labute approximate surface area is 139 Å². The van der Waals surface area contributed by atoms with Crippen molar-refractivity contribution in [2.45, 2.75) is 44.6 Å². The second-order valence-electron chi connectivity index (χ2n) is 6.02. The largest absolute Gasteiger partial charge is 0.496 e. The molecule has 0 spiro atoms. The number of likely N-dealkylation sites (N-methyl/N-ethyl adjacent to an activating group) is 1. The zero-order valence-corrected chi connectivity index (χ0v) is 14.7. The predicted octanol–water partition coefficient (Wildman–Crippen LogP) is 2.57. The first-order valence-electron chi connectivity index (χ1n) is 7.64. The number of benzene rings is 1. The summed E-state index contributed by atoms with van der Waals surface area (Å²) in [6, 6.07) is 6.41. The van der Waals surface area contributed by atoms with Crippen molar-refractivity contribution < 1.29 is 9.53 Å². The standard InChI is InChI=1S/C17H26N2O2.ClH/c1-12-6-7-14(10-15(12)21-4)17(8-5-9-17)16(20)19-11-13(2)18-3;/h6-7,10,13,18H,5,8-9,11H2,1-4H3,(H,19,20);1H. The Morgan fingerprint density at radius 2 is 2.09 bits per heavy atom. The molecule has 1 aliphatic carbocycles. The van der Waals surface area contributed by atoms with Crippen LogP contribution in [0.1, 0.15) is 37.3 Å². The van der Waals surface area contributed by atoms with Crippen LogP contribution in [-0.4, -0.2) is 32.7 Å². The number of hydrogen-bond acceptors (Lipinski definition) is 3. The van der Waals surface area contributed by atoms with E-state index in [0.29, 0.717) is 6.54 Å². The normalized spacial score (nSPS) is 16.9. The summed E-state index contributed by atoms with van der Waals surface area (Å²) in [5.74, 6) is 0.997. The minimum atomic E-state index is -0.367. The van der Waals surface area contributed by atoms with Gasteiger partial charge in [0.25, 0.3) is 0 Å². The quantitative estimate of drug-likeness (QED) is 0.844. The van der Waals surface area contributed by atoms with E-state index in [9.17, 15) is 4.79 Å². The molecule has 1 fully saturated rings. The lowest BCUT2D eigenvalue weighted by Gasteiger charge is -2.41. The molecule has 1 aromatic carbocycles. The molecule has 2 rings (SSSR count). The van der Waals surface area contributed by atoms with Gasteiger partial charge in [-0.25, -0.2) is 0 Å². The number of amides is 1. The first kappa shape index (κ1) is 18.8. The summed E-state index contributed by atoms with van der Waals surface area (Å²) < 4.78 is 5.40. The Morgan fingerprint density at radius 1 is 1.41 bits per heavy atom. The van der Waals surface area contributed by atoms with Crippen molar-refractivity contribution in [3.8, 4) is 5.75 Å². The van der Waals surface area contributed by atoms with Crippen molar-refractivity contribution in [2.75, 3.05) is 20.7 Å². The molecule has 2 N–H and O–H groups in total. The third kappa shape index (κ3) is 3.55. The molecule has 0 aliphatic heterocycles. The fourth-order valence-corrected chi connectivity index (χ4v) is 2.81. The lowest BCUT2D eigenvalue weighted by atomic mass is 9.63. The van der Waals surface area contributed by atoms with Gasteiger partial charge in [0, 0.05) is 12.6 Å². The van der Waals surface area contributed by atoms with E-state index in [1.807, 2.05) is 26.1 Å². The van der Waals surface area contributed by atoms with Gasteiger partial charge in [0.1, 0.15) is 5.75 Å². The SMILES string of the molecule is CNC(C)CNC(=O)C1(c2ccc(C)c(OC)c2)CCC1.Cl. The molecule has 1 atom stereocenters. The number of carbonyl (C=O) groups is 1. The summed E-state index contributed by atoms with van der Waals surface area (Å²) in [5.41, 5.74) is 1.81. The van der Waals surface area contributed by atoms with Crippen LogP contribution in [0.3, 0.4) is 0 Å². The number of rotatable bonds is 6. The molecule has 1 unspecified atom stereocenters. The van der Waals surface area contributed by atoms with Crippen LogP contribution in [0.4, 0.5) is 0 Å². The highest BCUT2D eigenvalue weighted by atomic mass is 35.5. The summed E-state index contributed by atoms with van der Waals surface area (Å²) in [6.45, 7) is 4.73. The van der Waals surface area contributed by atoms with Crippen LogP contribution >= 0.6 is 12.4 Å². The van der Waals surface area contributed by atoms with Gasteiger partial charge in [-0.15, -0.1) is 12.4 Å². The fraction of sp³-hybridized carbons (Fsp3) is 0.588. The molecule has 124 valence electrons. The molecule has 1 aromatic rings. The Bertz CT molecular complexity index is 515. The summed E-state index contributed by atoms with van der Waals surface area (Å²) in [4.78, 5) is 12.7. The number of aryl methyl sites for hydroxylation is 1. The highest BCUT2D eigenvalue weighted by Crippen LogP contribution is 2.45. The molecule has 0 radical (unpaired) electrons. The monoisotopic (exact) mass is 326 g/mol. The minimum absolute atomic E-state index is 0. The van der Waals surface area contributed by atoms with Crippen molar-refractivity contribution in [3.05, 3.63) is 29.3 Å². The van der Waals surface area contributed by atoms with E-state index >= 15 is 0 Å². The third-order valence-corrected chi connectivity index (χ3v) is 4.66. The maximum atomic E-state index is 12.7. The molecule has 0 bridgehead atoms. The second kappa shape index (κ2) is 7.84. The number of hydrogen-bond donors (Lipinski definition) is 2. The molecule has 22 heavy (non-hydrogen) atoms. The Kier molecular flexibility index (Phi) is 6.69. The zero-order chi connectivity index (χ0) is 15.5. The number of methoxy groups -OCH3 is 1. The molecule has 0 saturated heterocycles. The summed E-state index contributed by atoms with van der Waals surface area (Å²) in [6.07, 6.45) is 2.93. The number of halogens is 1. The molecule has 1 amide bonds. The predicted molar refractivity (Wildman–Crippen MR) is 92.0 cm³/mol. The molecule has 5 heteroatoms. The van der Waals surface area contributed by atoms with Gasteiger partial charge in [0.2, 0.25) is 5.91 Å². The Balaban J connectivity index is 0.00000242. The minimum Gasteiger partial charge on any atom is -0.496 e. The van der Waals surface area contributed by atoms with Gasteiger partial charge in [0.15, 0.2) is 0 Å². The van der Waals surface area contributed by atoms with E-state index in [1.54, 1.807) is 7.11 Å². The Morgan fingerprint density at radius 3 is 2.59 bits per heavy atom. The highest BCUT2D eigenvalue weighted by Gasteiger charge is 2.45. The fourth-order valence-electron chi connectivity index (χ4n) is 2.81. The van der Waals surface area contributed by atoms with Crippen molar-refractivity contribution in [1.29, 1.82) is 0 Å². The van der Waals surface area contributed by atoms with Gasteiger partial charge < -0.3 is 15.4 Å². The zero-order valence-electron chi connectivity index (χ0n) is 13.9. The first-order valence-corrected chi connectivity index (χ1v) is 7.64. The smallest absolute Gasteiger partial charge is 0.230 e. The van der Waals surface area contributed by atoms with E-state index in [-0.39, 0.29) is 29.8 Å². The van der Waals surface area contributed by atoms with Crippen molar-refractivity contribution >= 4 is 18.3 Å². The molecule has 4 nitrogen and oxygen atoms in total. The average molecular weight is 327 g/mol. The molecule has 1 saturated carbocycles. The van der Waals surface area contributed by atoms with E-state index in [4.69, 9.17) is 4.74 Å². The number of carbonyl (C=O) groups excluding carboxylic acids is 1. The van der Waals surface area contributed by atoms with Crippen LogP contribution < -0.4 is 15.4 Å². The van der Waals surface area contributed by atoms with E-state index in [1.165, 1.54) is 0 Å². The van der Waals surface area contributed by atoms with Crippen molar-refractivity contribution in [2.24, 2.45) is 0 Å².